The minimum absolute atomic E-state index is 0.00857. The van der Waals surface area contributed by atoms with E-state index in [0.717, 1.165) is 6.92 Å². The lowest BCUT2D eigenvalue weighted by molar-refractivity contribution is -0.359. The summed E-state index contributed by atoms with van der Waals surface area (Å²) in [5.41, 5.74) is -11.9. The summed E-state index contributed by atoms with van der Waals surface area (Å²) in [6, 6.07) is 0. The standard InChI is InChI=1S/C34H55F3O8/c1-21(2)24(39)42-17-23(38)43-33-16-22-14-31(19-33,28(9,10)44-26(5,6)25(3,4)40)18-32(15-22,20-33)29(11,12)45-27(7,8)30(13,41)34(35,36)37/h22,40-41H,1,14-20H2,2-13H3. The molecule has 0 aromatic rings. The van der Waals surface area contributed by atoms with E-state index in [-0.39, 0.29) is 11.5 Å². The maximum Gasteiger partial charge on any atom is 0.419 e. The van der Waals surface area contributed by atoms with Crippen LogP contribution in [0.4, 0.5) is 13.2 Å². The highest BCUT2D eigenvalue weighted by atomic mass is 19.4. The second-order valence-electron chi connectivity index (χ2n) is 17.0. The van der Waals surface area contributed by atoms with Gasteiger partial charge in [-0.25, -0.2) is 9.59 Å². The average molecular weight is 649 g/mol. The van der Waals surface area contributed by atoms with Gasteiger partial charge in [0.2, 0.25) is 0 Å². The fourth-order valence-corrected chi connectivity index (χ4v) is 8.38. The number of carbonyl (C=O) groups is 2. The van der Waals surface area contributed by atoms with Crippen molar-refractivity contribution in [3.63, 3.8) is 0 Å². The van der Waals surface area contributed by atoms with Crippen molar-refractivity contribution in [2.24, 2.45) is 16.7 Å². The Labute approximate surface area is 266 Å². The minimum Gasteiger partial charge on any atom is -0.456 e. The van der Waals surface area contributed by atoms with Gasteiger partial charge >= 0.3 is 18.1 Å². The van der Waals surface area contributed by atoms with Gasteiger partial charge in [-0.15, -0.1) is 0 Å². The van der Waals surface area contributed by atoms with Crippen LogP contribution in [-0.4, -0.2) is 74.1 Å². The molecule has 0 saturated heterocycles. The first-order valence-electron chi connectivity index (χ1n) is 15.8. The summed E-state index contributed by atoms with van der Waals surface area (Å²) in [5, 5.41) is 21.7. The quantitative estimate of drug-likeness (QED) is 0.180. The van der Waals surface area contributed by atoms with Crippen LogP contribution in [0.2, 0.25) is 0 Å². The Morgan fingerprint density at radius 3 is 1.62 bits per heavy atom. The SMILES string of the molecule is C=C(C)C(=O)OCC(=O)OC12CC3CC(C(C)(C)OC(C)(C)C(C)(C)O)(C1)CC(C(C)(C)OC(C)(C)C(C)(O)C(F)(F)F)(C3)C2. The van der Waals surface area contributed by atoms with Gasteiger partial charge in [0.1, 0.15) is 11.2 Å². The van der Waals surface area contributed by atoms with Crippen LogP contribution in [0.25, 0.3) is 0 Å². The van der Waals surface area contributed by atoms with Crippen molar-refractivity contribution >= 4 is 11.9 Å². The van der Waals surface area contributed by atoms with Crippen LogP contribution >= 0.6 is 0 Å². The Bertz CT molecular complexity index is 1190. The number of rotatable bonds is 12. The molecule has 45 heavy (non-hydrogen) atoms. The summed E-state index contributed by atoms with van der Waals surface area (Å²) in [5.74, 6) is -1.44. The van der Waals surface area contributed by atoms with E-state index < -0.39 is 74.8 Å². The zero-order valence-corrected chi connectivity index (χ0v) is 29.2. The lowest BCUT2D eigenvalue weighted by atomic mass is 9.37. The highest BCUT2D eigenvalue weighted by molar-refractivity contribution is 5.88. The van der Waals surface area contributed by atoms with Crippen LogP contribution < -0.4 is 0 Å². The molecular formula is C34H55F3O8. The highest BCUT2D eigenvalue weighted by Gasteiger charge is 2.73. The van der Waals surface area contributed by atoms with E-state index in [0.29, 0.717) is 38.5 Å². The molecule has 4 saturated carbocycles. The molecule has 2 N–H and O–H groups in total. The summed E-state index contributed by atoms with van der Waals surface area (Å²) in [7, 11) is 0. The Hall–Kier alpha value is -1.69. The van der Waals surface area contributed by atoms with Crippen LogP contribution in [-0.2, 0) is 28.5 Å². The predicted octanol–water partition coefficient (Wildman–Crippen LogP) is 6.59. The molecule has 5 atom stereocenters. The Morgan fingerprint density at radius 2 is 1.22 bits per heavy atom. The highest BCUT2D eigenvalue weighted by Crippen LogP contribution is 2.74. The van der Waals surface area contributed by atoms with Crippen molar-refractivity contribution in [3.8, 4) is 0 Å². The monoisotopic (exact) mass is 648 g/mol. The minimum atomic E-state index is -4.95. The molecule has 0 radical (unpaired) electrons. The summed E-state index contributed by atoms with van der Waals surface area (Å²) in [4.78, 5) is 25.2. The van der Waals surface area contributed by atoms with Gasteiger partial charge in [0, 0.05) is 16.4 Å². The second-order valence-corrected chi connectivity index (χ2v) is 17.0. The van der Waals surface area contributed by atoms with Crippen molar-refractivity contribution < 1.29 is 51.9 Å². The molecule has 4 aliphatic carbocycles. The van der Waals surface area contributed by atoms with Gasteiger partial charge < -0.3 is 29.2 Å². The third-order valence-corrected chi connectivity index (χ3v) is 11.8. The second kappa shape index (κ2) is 10.9. The number of ether oxygens (including phenoxy) is 4. The molecule has 260 valence electrons. The third kappa shape index (κ3) is 6.57. The molecule has 8 nitrogen and oxygen atoms in total. The molecule has 0 amide bonds. The van der Waals surface area contributed by atoms with Crippen molar-refractivity contribution in [2.75, 3.05) is 6.61 Å². The Morgan fingerprint density at radius 1 is 0.778 bits per heavy atom. The molecule has 0 aliphatic heterocycles. The summed E-state index contributed by atoms with van der Waals surface area (Å²) >= 11 is 0. The van der Waals surface area contributed by atoms with Crippen molar-refractivity contribution in [1.82, 2.24) is 0 Å². The van der Waals surface area contributed by atoms with E-state index in [1.165, 1.54) is 20.8 Å². The average Bonchev–Trinajstić information content (AvgIpc) is 2.78. The van der Waals surface area contributed by atoms with Gasteiger partial charge in [-0.1, -0.05) is 6.58 Å². The van der Waals surface area contributed by atoms with Crippen LogP contribution in [0.5, 0.6) is 0 Å². The molecule has 4 aliphatic rings. The molecule has 5 unspecified atom stereocenters. The molecular weight excluding hydrogens is 593 g/mol. The maximum absolute atomic E-state index is 14.1. The smallest absolute Gasteiger partial charge is 0.419 e. The number of halogens is 3. The van der Waals surface area contributed by atoms with Crippen LogP contribution in [0.3, 0.4) is 0 Å². The van der Waals surface area contributed by atoms with Gasteiger partial charge in [0.05, 0.1) is 22.4 Å². The summed E-state index contributed by atoms with van der Waals surface area (Å²) in [6.45, 7) is 22.0. The lowest BCUT2D eigenvalue weighted by Crippen LogP contribution is -2.73. The number of hydrogen-bond acceptors (Lipinski definition) is 8. The fourth-order valence-electron chi connectivity index (χ4n) is 8.38. The molecule has 4 bridgehead atoms. The number of aliphatic hydroxyl groups is 2. The summed E-state index contributed by atoms with van der Waals surface area (Å²) in [6.07, 6.45) is -1.89. The van der Waals surface area contributed by atoms with E-state index in [2.05, 4.69) is 6.58 Å². The molecule has 0 aromatic carbocycles. The molecule has 0 heterocycles. The van der Waals surface area contributed by atoms with Crippen LogP contribution in [0.1, 0.15) is 122 Å². The summed E-state index contributed by atoms with van der Waals surface area (Å²) < 4.78 is 66.7. The molecule has 4 fully saturated rings. The normalized spacial score (nSPS) is 30.6. The molecule has 0 spiro atoms. The number of hydrogen-bond donors (Lipinski definition) is 2. The van der Waals surface area contributed by atoms with E-state index in [4.69, 9.17) is 18.9 Å². The fraction of sp³-hybridized carbons (Fsp3) is 0.882. The van der Waals surface area contributed by atoms with Gasteiger partial charge in [-0.2, -0.15) is 13.2 Å². The van der Waals surface area contributed by atoms with Gasteiger partial charge in [0.25, 0.3) is 0 Å². The van der Waals surface area contributed by atoms with E-state index in [9.17, 15) is 33.0 Å². The van der Waals surface area contributed by atoms with Crippen LogP contribution in [0, 0.1) is 16.7 Å². The number of carbonyl (C=O) groups excluding carboxylic acids is 2. The topological polar surface area (TPSA) is 112 Å². The predicted molar refractivity (Wildman–Crippen MR) is 162 cm³/mol. The van der Waals surface area contributed by atoms with Gasteiger partial charge in [-0.3, -0.25) is 0 Å². The number of alkyl halides is 3. The first-order valence-corrected chi connectivity index (χ1v) is 15.8. The zero-order valence-electron chi connectivity index (χ0n) is 29.2. The first kappa shape index (κ1) is 37.8. The Balaban J connectivity index is 2.11. The lowest BCUT2D eigenvalue weighted by Gasteiger charge is -2.72. The van der Waals surface area contributed by atoms with Crippen molar-refractivity contribution in [1.29, 1.82) is 0 Å². The van der Waals surface area contributed by atoms with E-state index >= 15 is 0 Å². The van der Waals surface area contributed by atoms with E-state index in [1.54, 1.807) is 27.7 Å². The number of esters is 2. The van der Waals surface area contributed by atoms with Gasteiger partial charge in [-0.05, 0) is 128 Å². The molecule has 0 aromatic heterocycles. The first-order chi connectivity index (χ1) is 19.8. The van der Waals surface area contributed by atoms with Crippen molar-refractivity contribution in [2.45, 2.75) is 167 Å². The zero-order chi connectivity index (χ0) is 35.1. The van der Waals surface area contributed by atoms with Crippen LogP contribution in [0.15, 0.2) is 12.2 Å². The largest absolute Gasteiger partial charge is 0.456 e. The molecule has 4 rings (SSSR count). The maximum atomic E-state index is 14.1. The Kier molecular flexibility index (Phi) is 9.17. The molecule has 11 heteroatoms. The van der Waals surface area contributed by atoms with Crippen molar-refractivity contribution in [3.05, 3.63) is 12.2 Å². The van der Waals surface area contributed by atoms with Gasteiger partial charge in [0.15, 0.2) is 12.2 Å². The third-order valence-electron chi connectivity index (χ3n) is 11.8. The van der Waals surface area contributed by atoms with E-state index in [1.807, 2.05) is 27.7 Å².